The first-order valence-corrected chi connectivity index (χ1v) is 28.2. The lowest BCUT2D eigenvalue weighted by Gasteiger charge is -2.58. The van der Waals surface area contributed by atoms with Crippen LogP contribution in [-0.2, 0) is 39.6 Å². The number of rotatable bonds is 9. The topological polar surface area (TPSA) is 260 Å². The number of benzene rings is 2. The lowest BCUT2D eigenvalue weighted by molar-refractivity contribution is -0.147. The van der Waals surface area contributed by atoms with E-state index < -0.39 is 38.3 Å². The highest BCUT2D eigenvalue weighted by Crippen LogP contribution is 2.61. The zero-order valence-electron chi connectivity index (χ0n) is 38.9. The van der Waals surface area contributed by atoms with Crippen molar-refractivity contribution in [3.05, 3.63) is 78.7 Å². The van der Waals surface area contributed by atoms with Crippen molar-refractivity contribution in [1.82, 2.24) is 13.9 Å². The van der Waals surface area contributed by atoms with Gasteiger partial charge in [0.1, 0.15) is 6.54 Å². The van der Waals surface area contributed by atoms with Crippen LogP contribution >= 0.6 is 82.0 Å². The summed E-state index contributed by atoms with van der Waals surface area (Å²) in [6.45, 7) is 6.54. The lowest BCUT2D eigenvalue weighted by Crippen LogP contribution is -2.63. The van der Waals surface area contributed by atoms with Gasteiger partial charge in [0.15, 0.2) is 0 Å². The zero-order chi connectivity index (χ0) is 51.9. The zero-order valence-corrected chi connectivity index (χ0v) is 45.9. The first kappa shape index (κ1) is 56.9. The Kier molecular flexibility index (Phi) is 16.9. The predicted molar refractivity (Wildman–Crippen MR) is 282 cm³/mol. The second-order valence-electron chi connectivity index (χ2n) is 20.8. The number of carbonyl (C=O) groups excluding carboxylic acids is 3. The first-order chi connectivity index (χ1) is 33.1. The SMILES string of the molecule is C=C1CN(CC(=O)NC2C3CC4CC2CC(C(N)=O)(C4)C3)S(=O)(=O)N(c2c(Cl)cc(Cl)cc2Cl)C1.C=C1CN(CC(=O)O)S(=O)(=O)N(c2c(Cl)cc(Cl)cc2Cl)C1.Cl.NC(=O)C12CC3CC(C1)C(N)C(C3)C2. The molecule has 0 spiro atoms. The summed E-state index contributed by atoms with van der Waals surface area (Å²) in [6, 6.07) is 5.81. The van der Waals surface area contributed by atoms with Crippen molar-refractivity contribution >= 4 is 137 Å². The van der Waals surface area contributed by atoms with Crippen LogP contribution in [0.5, 0.6) is 0 Å². The molecular weight excluding hydrogens is 1120 g/mol. The number of aliphatic carboxylic acids is 1. The Balaban J connectivity index is 0.000000175. The van der Waals surface area contributed by atoms with Gasteiger partial charge in [-0.15, -0.1) is 12.4 Å². The minimum absolute atomic E-state index is 0. The van der Waals surface area contributed by atoms with Crippen molar-refractivity contribution in [1.29, 1.82) is 0 Å². The normalized spacial score (nSPS) is 32.7. The number of anilines is 2. The van der Waals surface area contributed by atoms with Gasteiger partial charge in [-0.05, 0) is 135 Å². The summed E-state index contributed by atoms with van der Waals surface area (Å²) in [5.41, 5.74) is 18.1. The van der Waals surface area contributed by atoms with Crippen LogP contribution in [0.3, 0.4) is 0 Å². The van der Waals surface area contributed by atoms with E-state index in [9.17, 15) is 36.0 Å². The quantitative estimate of drug-likeness (QED) is 0.160. The van der Waals surface area contributed by atoms with Crippen LogP contribution < -0.4 is 31.1 Å². The van der Waals surface area contributed by atoms with Crippen LogP contribution in [0, 0.1) is 46.3 Å². The number of hydrogen-bond donors (Lipinski definition) is 5. The van der Waals surface area contributed by atoms with Gasteiger partial charge < -0.3 is 27.6 Å². The standard InChI is InChI=1S/C23H27Cl3N4O4S.C12H11Cl3N2O4S.C11H18N2O.ClH/c1-12-9-29(35(33,34)30(10-12)21-17(25)4-16(24)5-18(21)26)11-19(31)28-20-14-2-13-3-15(20)8-23(6-13,7-14)22(27)32;1-7-4-16(6-11(18)19)22(20,21)17(5-7)12-9(14)2-8(13)3-10(12)15;12-9-7-1-6-2-8(9)5-11(3-6,4-7)10(13)14;/h4-5,13-15,20H,1-3,6-11H2,(H2,27,32)(H,28,31);2-3H,1,4-6H2,(H,18,19);6-9H,1-5,12H2,(H2,13,14);1H. The van der Waals surface area contributed by atoms with Crippen molar-refractivity contribution in [3.63, 3.8) is 0 Å². The number of nitrogens with zero attached hydrogens (tertiary/aromatic N) is 4. The van der Waals surface area contributed by atoms with E-state index in [1.165, 1.54) is 37.1 Å². The number of hydrogen-bond acceptors (Lipinski definition) is 9. The lowest BCUT2D eigenvalue weighted by atomic mass is 9.47. The van der Waals surface area contributed by atoms with Gasteiger partial charge >= 0.3 is 26.4 Å². The number of amides is 3. The van der Waals surface area contributed by atoms with Gasteiger partial charge in [-0.3, -0.25) is 27.8 Å². The highest BCUT2D eigenvalue weighted by Gasteiger charge is 2.59. The Morgan fingerprint density at radius 1 is 0.611 bits per heavy atom. The summed E-state index contributed by atoms with van der Waals surface area (Å²) in [5.74, 6) is 0.739. The maximum atomic E-state index is 13.5. The molecule has 12 rings (SSSR count). The van der Waals surface area contributed by atoms with Crippen LogP contribution in [0.1, 0.15) is 64.2 Å². The van der Waals surface area contributed by atoms with E-state index in [1.807, 2.05) is 0 Å². The highest BCUT2D eigenvalue weighted by atomic mass is 35.5. The third kappa shape index (κ3) is 11.1. The molecule has 2 aliphatic heterocycles. The van der Waals surface area contributed by atoms with Crippen LogP contribution in [-0.4, -0.2) is 106 Å². The molecule has 8 bridgehead atoms. The molecule has 396 valence electrons. The first-order valence-electron chi connectivity index (χ1n) is 23.2. The van der Waals surface area contributed by atoms with Crippen LogP contribution in [0.2, 0.25) is 30.1 Å². The molecule has 3 amide bonds. The molecule has 2 aromatic rings. The minimum atomic E-state index is -4.11. The minimum Gasteiger partial charge on any atom is -0.480 e. The van der Waals surface area contributed by atoms with E-state index in [2.05, 4.69) is 18.5 Å². The predicted octanol–water partition coefficient (Wildman–Crippen LogP) is 7.07. The van der Waals surface area contributed by atoms with Gasteiger partial charge in [-0.1, -0.05) is 82.8 Å². The molecule has 8 saturated carbocycles. The average molecular weight is 1180 g/mol. The van der Waals surface area contributed by atoms with Gasteiger partial charge in [0.25, 0.3) is 0 Å². The summed E-state index contributed by atoms with van der Waals surface area (Å²) in [7, 11) is -8.20. The van der Waals surface area contributed by atoms with E-state index >= 15 is 0 Å². The second kappa shape index (κ2) is 21.3. The number of halogens is 7. The maximum absolute atomic E-state index is 13.5. The van der Waals surface area contributed by atoms with Gasteiger partial charge in [-0.25, -0.2) is 0 Å². The van der Waals surface area contributed by atoms with E-state index in [0.29, 0.717) is 47.8 Å². The second-order valence-corrected chi connectivity index (χ2v) is 27.0. The molecule has 26 heteroatoms. The number of carboxylic acids is 1. The maximum Gasteiger partial charge on any atom is 0.318 e. The largest absolute Gasteiger partial charge is 0.480 e. The molecule has 4 unspecified atom stereocenters. The Morgan fingerprint density at radius 2 is 0.958 bits per heavy atom. The molecule has 72 heavy (non-hydrogen) atoms. The average Bonchev–Trinajstić information content (AvgIpc) is 3.24. The van der Waals surface area contributed by atoms with Crippen molar-refractivity contribution in [2.45, 2.75) is 76.3 Å². The molecule has 10 fully saturated rings. The molecule has 2 saturated heterocycles. The van der Waals surface area contributed by atoms with Gasteiger partial charge in [-0.2, -0.15) is 25.4 Å². The molecule has 8 N–H and O–H groups in total. The fourth-order valence-corrected chi connectivity index (χ4v) is 18.9. The van der Waals surface area contributed by atoms with Gasteiger partial charge in [0, 0.05) is 46.0 Å². The molecule has 0 radical (unpaired) electrons. The molecule has 2 heterocycles. The van der Waals surface area contributed by atoms with Crippen molar-refractivity contribution in [2.75, 3.05) is 47.9 Å². The number of nitrogens with two attached hydrogens (primary N) is 3. The molecule has 0 aromatic heterocycles. The number of carboxylic acid groups (broad SMARTS) is 1. The molecule has 17 nitrogen and oxygen atoms in total. The summed E-state index contributed by atoms with van der Waals surface area (Å²) >= 11 is 36.5. The molecule has 2 aromatic carbocycles. The Hall–Kier alpha value is -2.79. The van der Waals surface area contributed by atoms with E-state index in [-0.39, 0.29) is 128 Å². The summed E-state index contributed by atoms with van der Waals surface area (Å²) in [6.07, 6.45) is 9.58. The van der Waals surface area contributed by atoms with E-state index in [0.717, 1.165) is 61.7 Å². The third-order valence-corrected chi connectivity index (χ3v) is 21.0. The van der Waals surface area contributed by atoms with Crippen LogP contribution in [0.25, 0.3) is 0 Å². The van der Waals surface area contributed by atoms with Crippen LogP contribution in [0.15, 0.2) is 48.6 Å². The smallest absolute Gasteiger partial charge is 0.318 e. The molecule has 10 aliphatic rings. The van der Waals surface area contributed by atoms with Crippen molar-refractivity contribution in [2.24, 2.45) is 63.5 Å². The van der Waals surface area contributed by atoms with Crippen molar-refractivity contribution in [3.8, 4) is 0 Å². The van der Waals surface area contributed by atoms with Gasteiger partial charge in [0.2, 0.25) is 17.7 Å². The third-order valence-electron chi connectivity index (χ3n) is 15.8. The Morgan fingerprint density at radius 3 is 1.32 bits per heavy atom. The summed E-state index contributed by atoms with van der Waals surface area (Å²) in [5, 5.41) is 12.8. The monoisotopic (exact) mass is 1170 g/mol. The fraction of sp³-hybridized carbons (Fsp3) is 0.565. The summed E-state index contributed by atoms with van der Waals surface area (Å²) < 4.78 is 56.0. The molecule has 4 atom stereocenters. The van der Waals surface area contributed by atoms with Crippen molar-refractivity contribution < 1.29 is 41.1 Å². The highest BCUT2D eigenvalue weighted by molar-refractivity contribution is 7.91. The fourth-order valence-electron chi connectivity index (χ4n) is 13.3. The Bertz CT molecular complexity index is 2730. The van der Waals surface area contributed by atoms with Gasteiger partial charge in [0.05, 0.1) is 51.1 Å². The molecule has 8 aliphatic carbocycles. The van der Waals surface area contributed by atoms with E-state index in [1.54, 1.807) is 0 Å². The van der Waals surface area contributed by atoms with E-state index in [4.69, 9.17) is 91.9 Å². The summed E-state index contributed by atoms with van der Waals surface area (Å²) in [4.78, 5) is 47.7. The number of primary amides is 2. The Labute approximate surface area is 455 Å². The number of carbonyl (C=O) groups is 4. The molecular formula is C46H57Cl7N8O9S2. The number of nitrogens with one attached hydrogen (secondary N) is 1. The van der Waals surface area contributed by atoms with Crippen LogP contribution in [0.4, 0.5) is 11.4 Å².